The monoisotopic (exact) mass is 484 g/mol. The normalized spacial score (nSPS) is 14.3. The Morgan fingerprint density at radius 3 is 2.26 bits per heavy atom. The summed E-state index contributed by atoms with van der Waals surface area (Å²) >= 11 is 1.76. The molecular weight excluding hydrogens is 456 g/mol. The van der Waals surface area contributed by atoms with Crippen LogP contribution < -0.4 is 10.2 Å². The van der Waals surface area contributed by atoms with Gasteiger partial charge in [-0.2, -0.15) is 0 Å². The highest BCUT2D eigenvalue weighted by Crippen LogP contribution is 2.30. The Morgan fingerprint density at radius 1 is 0.857 bits per heavy atom. The van der Waals surface area contributed by atoms with Gasteiger partial charge < -0.3 is 10.2 Å². The number of hydrogen-bond acceptors (Lipinski definition) is 6. The molecule has 0 bridgehead atoms. The van der Waals surface area contributed by atoms with E-state index < -0.39 is 0 Å². The van der Waals surface area contributed by atoms with Crippen molar-refractivity contribution in [3.63, 3.8) is 0 Å². The standard InChI is InChI=1S/C28H28N4O2S/c1-20-6-5-9-24-25(20)30-28(35-24)32-18-16-31(17-19-32)15-14-29-27(34)23-12-10-22(11-13-23)26(33)21-7-3-2-4-8-21/h2-13H,14-19H2,1H3,(H,29,34). The summed E-state index contributed by atoms with van der Waals surface area (Å²) in [5.74, 6) is -0.162. The third kappa shape index (κ3) is 5.26. The van der Waals surface area contributed by atoms with Crippen LogP contribution in [0.5, 0.6) is 0 Å². The van der Waals surface area contributed by atoms with Crippen molar-refractivity contribution < 1.29 is 9.59 Å². The number of para-hydroxylation sites is 1. The summed E-state index contributed by atoms with van der Waals surface area (Å²) in [6, 6.07) is 22.3. The Bertz CT molecular complexity index is 1330. The number of aromatic nitrogens is 1. The number of nitrogens with zero attached hydrogens (tertiary/aromatic N) is 3. The number of fused-ring (bicyclic) bond motifs is 1. The summed E-state index contributed by atoms with van der Waals surface area (Å²) in [6.07, 6.45) is 0. The predicted octanol–water partition coefficient (Wildman–Crippen LogP) is 4.39. The minimum atomic E-state index is -0.118. The van der Waals surface area contributed by atoms with Gasteiger partial charge in [-0.1, -0.05) is 65.9 Å². The first kappa shape index (κ1) is 23.2. The summed E-state index contributed by atoms with van der Waals surface area (Å²) in [7, 11) is 0. The molecule has 6 nitrogen and oxygen atoms in total. The molecule has 1 fully saturated rings. The Kier molecular flexibility index (Phi) is 6.88. The van der Waals surface area contributed by atoms with E-state index in [1.54, 1.807) is 47.7 Å². The first-order chi connectivity index (χ1) is 17.1. The fourth-order valence-corrected chi connectivity index (χ4v) is 5.43. The van der Waals surface area contributed by atoms with Gasteiger partial charge in [0.25, 0.3) is 5.91 Å². The minimum absolute atomic E-state index is 0.0438. The summed E-state index contributed by atoms with van der Waals surface area (Å²) in [6.45, 7) is 7.26. The Balaban J connectivity index is 1.08. The lowest BCUT2D eigenvalue weighted by molar-refractivity contribution is 0.0946. The van der Waals surface area contributed by atoms with Gasteiger partial charge in [0.2, 0.25) is 0 Å². The highest BCUT2D eigenvalue weighted by molar-refractivity contribution is 7.22. The van der Waals surface area contributed by atoms with E-state index in [2.05, 4.69) is 40.2 Å². The number of carbonyl (C=O) groups is 2. The molecule has 4 aromatic rings. The van der Waals surface area contributed by atoms with Gasteiger partial charge in [-0.3, -0.25) is 14.5 Å². The number of amides is 1. The van der Waals surface area contributed by atoms with Crippen LogP contribution in [-0.4, -0.2) is 60.8 Å². The van der Waals surface area contributed by atoms with Crippen LogP contribution in [0.15, 0.2) is 72.8 Å². The van der Waals surface area contributed by atoms with Crippen LogP contribution in [0, 0.1) is 6.92 Å². The second kappa shape index (κ2) is 10.4. The molecule has 178 valence electrons. The average molecular weight is 485 g/mol. The molecule has 0 spiro atoms. The summed E-state index contributed by atoms with van der Waals surface area (Å²) in [5.41, 5.74) is 4.11. The molecule has 5 rings (SSSR count). The van der Waals surface area contributed by atoms with Crippen LogP contribution in [0.2, 0.25) is 0 Å². The van der Waals surface area contributed by atoms with Crippen LogP contribution in [0.4, 0.5) is 5.13 Å². The van der Waals surface area contributed by atoms with E-state index in [9.17, 15) is 9.59 Å². The van der Waals surface area contributed by atoms with Gasteiger partial charge in [0.1, 0.15) is 0 Å². The lowest BCUT2D eigenvalue weighted by Crippen LogP contribution is -2.48. The summed E-state index contributed by atoms with van der Waals surface area (Å²) < 4.78 is 1.24. The van der Waals surface area contributed by atoms with Crippen molar-refractivity contribution in [2.24, 2.45) is 0 Å². The van der Waals surface area contributed by atoms with Crippen molar-refractivity contribution in [2.75, 3.05) is 44.2 Å². The van der Waals surface area contributed by atoms with Crippen molar-refractivity contribution >= 4 is 38.4 Å². The Hall–Kier alpha value is -3.55. The first-order valence-electron chi connectivity index (χ1n) is 11.9. The number of nitrogens with one attached hydrogen (secondary N) is 1. The summed E-state index contributed by atoms with van der Waals surface area (Å²) in [4.78, 5) is 34.7. The number of thiazole rings is 1. The van der Waals surface area contributed by atoms with Gasteiger partial charge in [0.05, 0.1) is 10.2 Å². The number of carbonyl (C=O) groups excluding carboxylic acids is 2. The number of benzene rings is 3. The largest absolute Gasteiger partial charge is 0.351 e. The number of rotatable bonds is 7. The van der Waals surface area contributed by atoms with Crippen molar-refractivity contribution in [2.45, 2.75) is 6.92 Å². The number of anilines is 1. The lowest BCUT2D eigenvalue weighted by atomic mass is 10.0. The molecule has 1 saturated heterocycles. The van der Waals surface area contributed by atoms with E-state index >= 15 is 0 Å². The number of hydrogen-bond donors (Lipinski definition) is 1. The molecule has 1 aromatic heterocycles. The molecule has 0 unspecified atom stereocenters. The zero-order valence-corrected chi connectivity index (χ0v) is 20.6. The Labute approximate surface area is 209 Å². The van der Waals surface area contributed by atoms with Gasteiger partial charge in [-0.25, -0.2) is 4.98 Å². The fraction of sp³-hybridized carbons (Fsp3) is 0.250. The molecule has 3 aromatic carbocycles. The SMILES string of the molecule is Cc1cccc2sc(N3CCN(CCNC(=O)c4ccc(C(=O)c5ccccc5)cc4)CC3)nc12. The quantitative estimate of drug-likeness (QED) is 0.394. The van der Waals surface area contributed by atoms with Gasteiger partial charge in [-0.15, -0.1) is 0 Å². The zero-order valence-electron chi connectivity index (χ0n) is 19.7. The Morgan fingerprint density at radius 2 is 1.54 bits per heavy atom. The molecule has 1 N–H and O–H groups in total. The molecule has 2 heterocycles. The molecule has 1 amide bonds. The van der Waals surface area contributed by atoms with E-state index in [1.807, 2.05) is 18.2 Å². The summed E-state index contributed by atoms with van der Waals surface area (Å²) in [5, 5.41) is 4.10. The van der Waals surface area contributed by atoms with Crippen LogP contribution >= 0.6 is 11.3 Å². The zero-order chi connectivity index (χ0) is 24.2. The maximum atomic E-state index is 12.6. The second-order valence-corrected chi connectivity index (χ2v) is 9.78. The lowest BCUT2D eigenvalue weighted by Gasteiger charge is -2.34. The van der Waals surface area contributed by atoms with Crippen molar-refractivity contribution in [1.82, 2.24) is 15.2 Å². The van der Waals surface area contributed by atoms with Crippen molar-refractivity contribution in [3.05, 3.63) is 95.1 Å². The molecule has 35 heavy (non-hydrogen) atoms. The molecule has 0 radical (unpaired) electrons. The topological polar surface area (TPSA) is 65.5 Å². The van der Waals surface area contributed by atoms with Crippen LogP contribution in [-0.2, 0) is 0 Å². The minimum Gasteiger partial charge on any atom is -0.351 e. The number of ketones is 1. The van der Waals surface area contributed by atoms with Gasteiger partial charge in [0, 0.05) is 56.0 Å². The van der Waals surface area contributed by atoms with Crippen molar-refractivity contribution in [1.29, 1.82) is 0 Å². The van der Waals surface area contributed by atoms with E-state index in [-0.39, 0.29) is 11.7 Å². The second-order valence-electron chi connectivity index (χ2n) is 8.78. The smallest absolute Gasteiger partial charge is 0.251 e. The highest BCUT2D eigenvalue weighted by Gasteiger charge is 2.20. The highest BCUT2D eigenvalue weighted by atomic mass is 32.1. The van der Waals surface area contributed by atoms with Crippen LogP contribution in [0.3, 0.4) is 0 Å². The molecule has 0 aliphatic carbocycles. The molecular formula is C28H28N4O2S. The maximum Gasteiger partial charge on any atom is 0.251 e. The van der Waals surface area contributed by atoms with E-state index in [0.717, 1.165) is 43.4 Å². The molecule has 1 aliphatic rings. The van der Waals surface area contributed by atoms with Crippen LogP contribution in [0.1, 0.15) is 31.8 Å². The molecule has 7 heteroatoms. The molecule has 0 atom stereocenters. The fourth-order valence-electron chi connectivity index (χ4n) is 4.33. The average Bonchev–Trinajstić information content (AvgIpc) is 3.35. The predicted molar refractivity (Wildman–Crippen MR) is 142 cm³/mol. The van der Waals surface area contributed by atoms with E-state index in [4.69, 9.17) is 4.98 Å². The third-order valence-electron chi connectivity index (χ3n) is 6.41. The van der Waals surface area contributed by atoms with Crippen molar-refractivity contribution in [3.8, 4) is 0 Å². The van der Waals surface area contributed by atoms with E-state index in [0.29, 0.717) is 23.2 Å². The van der Waals surface area contributed by atoms with E-state index in [1.165, 1.54) is 10.3 Å². The first-order valence-corrected chi connectivity index (χ1v) is 12.7. The van der Waals surface area contributed by atoms with Crippen LogP contribution in [0.25, 0.3) is 10.2 Å². The third-order valence-corrected chi connectivity index (χ3v) is 7.49. The van der Waals surface area contributed by atoms with Gasteiger partial charge >= 0.3 is 0 Å². The van der Waals surface area contributed by atoms with Gasteiger partial charge in [0.15, 0.2) is 10.9 Å². The number of aryl methyl sites for hydroxylation is 1. The maximum absolute atomic E-state index is 12.6. The number of piperazine rings is 1. The molecule has 1 aliphatic heterocycles. The van der Waals surface area contributed by atoms with Gasteiger partial charge in [-0.05, 0) is 30.7 Å². The molecule has 0 saturated carbocycles.